The number of hydrogen-bond acceptors (Lipinski definition) is 7. The van der Waals surface area contributed by atoms with E-state index in [-0.39, 0.29) is 30.4 Å². The molecule has 1 unspecified atom stereocenters. The van der Waals surface area contributed by atoms with Gasteiger partial charge in [-0.15, -0.1) is 4.73 Å². The first-order valence-electron chi connectivity index (χ1n) is 13.7. The zero-order valence-electron chi connectivity index (χ0n) is 21.7. The van der Waals surface area contributed by atoms with Gasteiger partial charge in [0.1, 0.15) is 6.04 Å². The number of aromatic hydroxyl groups is 2. The van der Waals surface area contributed by atoms with Crippen LogP contribution < -0.4 is 20.8 Å². The molecule has 0 aliphatic carbocycles. The fourth-order valence-electron chi connectivity index (χ4n) is 4.92. The van der Waals surface area contributed by atoms with E-state index in [1.807, 2.05) is 11.8 Å². The highest BCUT2D eigenvalue weighted by atomic mass is 32.2. The summed E-state index contributed by atoms with van der Waals surface area (Å²) >= 11 is 1.85. The number of aromatic nitrogens is 1. The molecule has 1 aromatic rings. The van der Waals surface area contributed by atoms with E-state index in [0.717, 1.165) is 44.3 Å². The minimum absolute atomic E-state index is 0.101. The Balaban J connectivity index is 1.41. The quantitative estimate of drug-likeness (QED) is 0.151. The fourth-order valence-corrected chi connectivity index (χ4v) is 6.46. The van der Waals surface area contributed by atoms with E-state index in [2.05, 4.69) is 22.9 Å². The molecule has 2 saturated heterocycles. The van der Waals surface area contributed by atoms with Gasteiger partial charge in [-0.25, -0.2) is 9.59 Å². The van der Waals surface area contributed by atoms with Gasteiger partial charge in [0.05, 0.1) is 12.1 Å². The molecule has 2 fully saturated rings. The van der Waals surface area contributed by atoms with Crippen LogP contribution >= 0.6 is 11.8 Å². The molecule has 0 aromatic carbocycles. The van der Waals surface area contributed by atoms with Gasteiger partial charge in [0.15, 0.2) is 0 Å². The lowest BCUT2D eigenvalue weighted by Crippen LogP contribution is -2.44. The van der Waals surface area contributed by atoms with Gasteiger partial charge in [0.2, 0.25) is 17.7 Å². The van der Waals surface area contributed by atoms with Gasteiger partial charge >= 0.3 is 12.0 Å². The molecule has 208 valence electrons. The number of fused-ring (bicyclic) bond motifs is 1. The van der Waals surface area contributed by atoms with Crippen molar-refractivity contribution >= 4 is 29.7 Å². The lowest BCUT2D eigenvalue weighted by molar-refractivity contribution is -0.149. The van der Waals surface area contributed by atoms with E-state index in [1.165, 1.54) is 37.8 Å². The Morgan fingerprint density at radius 2 is 1.73 bits per heavy atom. The topological polar surface area (TPSA) is 142 Å². The van der Waals surface area contributed by atoms with Crippen molar-refractivity contribution in [3.63, 3.8) is 0 Å². The van der Waals surface area contributed by atoms with Crippen molar-refractivity contribution in [2.45, 2.75) is 114 Å². The van der Waals surface area contributed by atoms with Crippen molar-refractivity contribution in [1.29, 1.82) is 0 Å². The first kappa shape index (κ1) is 29.0. The van der Waals surface area contributed by atoms with E-state index < -0.39 is 23.8 Å². The van der Waals surface area contributed by atoms with Gasteiger partial charge in [-0.1, -0.05) is 64.7 Å². The summed E-state index contributed by atoms with van der Waals surface area (Å²) < 4.78 is 0.651. The molecular weight excluding hydrogens is 496 g/mol. The van der Waals surface area contributed by atoms with Gasteiger partial charge in [-0.3, -0.25) is 4.79 Å². The summed E-state index contributed by atoms with van der Waals surface area (Å²) in [5.74, 6) is -0.845. The fraction of sp³-hybridized carbons (Fsp3) is 0.731. The van der Waals surface area contributed by atoms with E-state index in [0.29, 0.717) is 22.8 Å². The second-order valence-electron chi connectivity index (χ2n) is 10.0. The number of hydrogen-bond donors (Lipinski definition) is 5. The van der Waals surface area contributed by atoms with Crippen LogP contribution in [0.2, 0.25) is 0 Å². The molecule has 37 heavy (non-hydrogen) atoms. The Hall–Kier alpha value is -2.56. The number of rotatable bonds is 17. The molecule has 2 aliphatic heterocycles. The number of urea groups is 1. The first-order valence-corrected chi connectivity index (χ1v) is 14.7. The van der Waals surface area contributed by atoms with E-state index in [1.54, 1.807) is 0 Å². The number of carbonyl (C=O) groups is 3. The Labute approximate surface area is 223 Å². The van der Waals surface area contributed by atoms with Crippen LogP contribution in [0.15, 0.2) is 12.1 Å². The number of nitrogens with zero attached hydrogens (tertiary/aromatic N) is 1. The number of thioether (sulfide) groups is 1. The maximum absolute atomic E-state index is 12.8. The third kappa shape index (κ3) is 9.05. The van der Waals surface area contributed by atoms with Crippen LogP contribution in [0.3, 0.4) is 0 Å². The molecule has 0 bridgehead atoms. The smallest absolute Gasteiger partial charge is 0.355 e. The monoisotopic (exact) mass is 538 g/mol. The van der Waals surface area contributed by atoms with Gasteiger partial charge in [0.25, 0.3) is 0 Å². The summed E-state index contributed by atoms with van der Waals surface area (Å²) in [6.45, 7) is 2.19. The van der Waals surface area contributed by atoms with Gasteiger partial charge < -0.3 is 31.0 Å². The zero-order valence-corrected chi connectivity index (χ0v) is 22.6. The second-order valence-corrected chi connectivity index (χ2v) is 11.3. The van der Waals surface area contributed by atoms with Crippen LogP contribution in [0.5, 0.6) is 11.8 Å². The largest absolute Gasteiger partial charge is 0.492 e. The van der Waals surface area contributed by atoms with Crippen LogP contribution in [-0.2, 0) is 9.59 Å². The predicted molar refractivity (Wildman–Crippen MR) is 142 cm³/mol. The summed E-state index contributed by atoms with van der Waals surface area (Å²) in [4.78, 5) is 42.1. The SMILES string of the molecule is CCCCCCCCCCC(NC(=O)CCCC[C@@H]1SC[C@@H]2NC(=O)N[C@@H]21)C(=O)On1c(O)ccc1O. The molecule has 0 spiro atoms. The highest BCUT2D eigenvalue weighted by molar-refractivity contribution is 8.00. The highest BCUT2D eigenvalue weighted by Crippen LogP contribution is 2.33. The highest BCUT2D eigenvalue weighted by Gasteiger charge is 2.42. The molecule has 2 aliphatic rings. The van der Waals surface area contributed by atoms with Crippen LogP contribution in [0.25, 0.3) is 0 Å². The molecule has 0 radical (unpaired) electrons. The lowest BCUT2D eigenvalue weighted by atomic mass is 10.0. The van der Waals surface area contributed by atoms with Crippen molar-refractivity contribution < 1.29 is 29.4 Å². The normalized spacial score (nSPS) is 21.2. The van der Waals surface area contributed by atoms with Crippen LogP contribution in [0.1, 0.15) is 90.4 Å². The van der Waals surface area contributed by atoms with E-state index in [4.69, 9.17) is 4.84 Å². The predicted octanol–water partition coefficient (Wildman–Crippen LogP) is 3.60. The van der Waals surface area contributed by atoms with Crippen molar-refractivity contribution in [2.24, 2.45) is 0 Å². The first-order chi connectivity index (χ1) is 17.9. The molecular formula is C26H42N4O6S. The van der Waals surface area contributed by atoms with Crippen molar-refractivity contribution in [3.05, 3.63) is 12.1 Å². The maximum Gasteiger partial charge on any atom is 0.355 e. The molecule has 3 amide bonds. The second kappa shape index (κ2) is 15.0. The molecule has 5 N–H and O–H groups in total. The third-order valence-corrected chi connectivity index (χ3v) is 8.53. The molecule has 3 rings (SSSR count). The summed E-state index contributed by atoms with van der Waals surface area (Å²) in [7, 11) is 0. The lowest BCUT2D eigenvalue weighted by Gasteiger charge is -2.18. The molecule has 11 heteroatoms. The summed E-state index contributed by atoms with van der Waals surface area (Å²) in [5.41, 5.74) is 0. The average molecular weight is 539 g/mol. The average Bonchev–Trinajstić information content (AvgIpc) is 3.52. The summed E-state index contributed by atoms with van der Waals surface area (Å²) in [6.07, 6.45) is 12.1. The molecule has 1 aromatic heterocycles. The standard InChI is InChI=1S/C26H42N4O6S/c1-2-3-4-5-6-7-8-9-12-18(25(34)36-30-22(32)15-16-23(30)33)27-21(31)14-11-10-13-20-24-19(17-37-20)28-26(35)29-24/h15-16,18-20,24,32-33H,2-14,17H2,1H3,(H,27,31)(H2,28,29,35)/t18?,19-,20-,24-/m0/s1. The van der Waals surface area contributed by atoms with Crippen molar-refractivity contribution in [3.8, 4) is 11.8 Å². The van der Waals surface area contributed by atoms with Crippen LogP contribution in [0, 0.1) is 0 Å². The molecule has 3 heterocycles. The zero-order chi connectivity index (χ0) is 26.6. The molecule has 10 nitrogen and oxygen atoms in total. The number of amides is 3. The van der Waals surface area contributed by atoms with E-state index in [9.17, 15) is 24.6 Å². The summed E-state index contributed by atoms with van der Waals surface area (Å²) in [6, 6.07) is 1.81. The molecule has 0 saturated carbocycles. The van der Waals surface area contributed by atoms with Crippen LogP contribution in [0.4, 0.5) is 4.79 Å². The Morgan fingerprint density at radius 3 is 2.43 bits per heavy atom. The van der Waals surface area contributed by atoms with Gasteiger partial charge in [-0.2, -0.15) is 11.8 Å². The number of nitrogens with one attached hydrogen (secondary N) is 3. The molecule has 4 atom stereocenters. The minimum Gasteiger partial charge on any atom is -0.492 e. The van der Waals surface area contributed by atoms with Crippen molar-refractivity contribution in [1.82, 2.24) is 20.7 Å². The number of carbonyl (C=O) groups excluding carboxylic acids is 3. The maximum atomic E-state index is 12.8. The Kier molecular flexibility index (Phi) is 11.8. The minimum atomic E-state index is -0.861. The third-order valence-electron chi connectivity index (χ3n) is 7.03. The number of unbranched alkanes of at least 4 members (excludes halogenated alkanes) is 8. The van der Waals surface area contributed by atoms with Crippen molar-refractivity contribution in [2.75, 3.05) is 5.75 Å². The van der Waals surface area contributed by atoms with Gasteiger partial charge in [-0.05, 0) is 19.3 Å². The Morgan fingerprint density at radius 1 is 1.05 bits per heavy atom. The van der Waals surface area contributed by atoms with E-state index >= 15 is 0 Å². The van der Waals surface area contributed by atoms with Gasteiger partial charge in [0, 0.05) is 29.6 Å². The van der Waals surface area contributed by atoms with Crippen LogP contribution in [-0.4, -0.2) is 62.0 Å². The Bertz CT molecular complexity index is 875. The summed E-state index contributed by atoms with van der Waals surface area (Å²) in [5, 5.41) is 28.6.